The van der Waals surface area contributed by atoms with Crippen molar-refractivity contribution in [3.63, 3.8) is 0 Å². The molecule has 2 aromatic carbocycles. The van der Waals surface area contributed by atoms with E-state index in [1.165, 1.54) is 6.07 Å². The number of hydrazine groups is 1. The second kappa shape index (κ2) is 6.43. The summed E-state index contributed by atoms with van der Waals surface area (Å²) in [7, 11) is 0. The second-order valence-corrected chi connectivity index (χ2v) is 6.11. The normalized spacial score (nSPS) is 17.2. The van der Waals surface area contributed by atoms with Crippen LogP contribution in [0.25, 0.3) is 10.8 Å². The van der Waals surface area contributed by atoms with Crippen molar-refractivity contribution in [3.05, 3.63) is 47.5 Å². The molecule has 1 aliphatic heterocycles. The zero-order valence-electron chi connectivity index (χ0n) is 13.4. The zero-order valence-corrected chi connectivity index (χ0v) is 13.4. The van der Waals surface area contributed by atoms with Crippen molar-refractivity contribution in [3.8, 4) is 0 Å². The summed E-state index contributed by atoms with van der Waals surface area (Å²) in [5.74, 6) is -0.379. The molecule has 0 spiro atoms. The number of nitrogens with zero attached hydrogens (tertiary/aromatic N) is 1. The Hall–Kier alpha value is -2.08. The summed E-state index contributed by atoms with van der Waals surface area (Å²) in [5, 5.41) is 2.68. The Balaban J connectivity index is 2.02. The van der Waals surface area contributed by atoms with Gasteiger partial charge < -0.3 is 0 Å². The van der Waals surface area contributed by atoms with Crippen molar-refractivity contribution in [1.82, 2.24) is 10.4 Å². The molecule has 1 saturated heterocycles. The van der Waals surface area contributed by atoms with Crippen molar-refractivity contribution in [2.75, 3.05) is 6.54 Å². The fourth-order valence-electron chi connectivity index (χ4n) is 3.16. The van der Waals surface area contributed by atoms with Gasteiger partial charge in [-0.25, -0.2) is 5.01 Å². The Kier molecular flexibility index (Phi) is 4.49. The maximum atomic E-state index is 13.6. The lowest BCUT2D eigenvalue weighted by Gasteiger charge is -2.29. The highest BCUT2D eigenvalue weighted by Gasteiger charge is 2.46. The van der Waals surface area contributed by atoms with Crippen LogP contribution in [0.2, 0.25) is 0 Å². The van der Waals surface area contributed by atoms with Crippen LogP contribution in [0.5, 0.6) is 0 Å². The Labute approximate surface area is 138 Å². The van der Waals surface area contributed by atoms with Gasteiger partial charge in [0.2, 0.25) is 5.91 Å². The van der Waals surface area contributed by atoms with E-state index in [4.69, 9.17) is 0 Å². The number of halogens is 3. The summed E-state index contributed by atoms with van der Waals surface area (Å²) < 4.78 is 40.8. The number of benzene rings is 2. The maximum Gasteiger partial charge on any atom is 0.409 e. The smallest absolute Gasteiger partial charge is 0.288 e. The maximum absolute atomic E-state index is 13.6. The molecule has 1 fully saturated rings. The van der Waals surface area contributed by atoms with E-state index >= 15 is 0 Å². The summed E-state index contributed by atoms with van der Waals surface area (Å²) in [6, 6.07) is 8.83. The summed E-state index contributed by atoms with van der Waals surface area (Å²) >= 11 is 0. The average molecular weight is 336 g/mol. The van der Waals surface area contributed by atoms with Crippen molar-refractivity contribution in [1.29, 1.82) is 0 Å². The number of carbonyl (C=O) groups excluding carboxylic acids is 1. The fourth-order valence-corrected chi connectivity index (χ4v) is 3.16. The first kappa shape index (κ1) is 16.8. The molecule has 128 valence electrons. The predicted octanol–water partition coefficient (Wildman–Crippen LogP) is 4.13. The number of hydrogen-bond donors (Lipinski definition) is 1. The zero-order chi connectivity index (χ0) is 17.3. The van der Waals surface area contributed by atoms with Gasteiger partial charge in [-0.2, -0.15) is 13.2 Å². The number of carbonyl (C=O) groups is 1. The molecule has 0 aliphatic carbocycles. The van der Waals surface area contributed by atoms with Crippen molar-refractivity contribution < 1.29 is 18.0 Å². The third-order valence-electron chi connectivity index (χ3n) is 4.25. The van der Waals surface area contributed by atoms with E-state index in [0.717, 1.165) is 34.2 Å². The van der Waals surface area contributed by atoms with Gasteiger partial charge in [0.1, 0.15) is 6.04 Å². The van der Waals surface area contributed by atoms with Crippen LogP contribution < -0.4 is 5.43 Å². The molecule has 2 aromatic rings. The van der Waals surface area contributed by atoms with Crippen LogP contribution >= 0.6 is 0 Å². The topological polar surface area (TPSA) is 32.3 Å². The lowest BCUT2D eigenvalue weighted by molar-refractivity contribution is -0.191. The van der Waals surface area contributed by atoms with E-state index in [1.54, 1.807) is 12.1 Å². The highest BCUT2D eigenvalue weighted by atomic mass is 19.4. The first-order chi connectivity index (χ1) is 11.4. The molecule has 24 heavy (non-hydrogen) atoms. The molecule has 1 unspecified atom stereocenters. The number of hydrogen-bond acceptors (Lipinski definition) is 2. The first-order valence-corrected chi connectivity index (χ1v) is 8.04. The van der Waals surface area contributed by atoms with Gasteiger partial charge >= 0.3 is 6.18 Å². The highest BCUT2D eigenvalue weighted by molar-refractivity contribution is 5.84. The Morgan fingerprint density at radius 1 is 1.17 bits per heavy atom. The van der Waals surface area contributed by atoms with Crippen molar-refractivity contribution in [2.24, 2.45) is 0 Å². The van der Waals surface area contributed by atoms with Gasteiger partial charge in [-0.3, -0.25) is 10.2 Å². The lowest BCUT2D eigenvalue weighted by Crippen LogP contribution is -2.43. The van der Waals surface area contributed by atoms with Crippen LogP contribution in [0.15, 0.2) is 36.4 Å². The van der Waals surface area contributed by atoms with Crippen LogP contribution in [0.1, 0.15) is 36.9 Å². The highest BCUT2D eigenvalue weighted by Crippen LogP contribution is 2.38. The third kappa shape index (κ3) is 3.38. The molecule has 6 heteroatoms. The molecular weight excluding hydrogens is 317 g/mol. The van der Waals surface area contributed by atoms with Gasteiger partial charge in [0.05, 0.1) is 0 Å². The van der Waals surface area contributed by atoms with Gasteiger partial charge in [0.25, 0.3) is 0 Å². The van der Waals surface area contributed by atoms with E-state index in [-0.39, 0.29) is 24.4 Å². The van der Waals surface area contributed by atoms with E-state index in [9.17, 15) is 18.0 Å². The summed E-state index contributed by atoms with van der Waals surface area (Å²) in [5.41, 5.74) is 3.57. The van der Waals surface area contributed by atoms with Gasteiger partial charge in [-0.1, -0.05) is 43.7 Å². The van der Waals surface area contributed by atoms with Gasteiger partial charge in [-0.15, -0.1) is 0 Å². The average Bonchev–Trinajstić information content (AvgIpc) is 2.92. The minimum absolute atomic E-state index is 0.0525. The van der Waals surface area contributed by atoms with Crippen LogP contribution in [0, 0.1) is 0 Å². The number of alkyl halides is 3. The van der Waals surface area contributed by atoms with Gasteiger partial charge in [0, 0.05) is 13.0 Å². The molecule has 0 bridgehead atoms. The van der Waals surface area contributed by atoms with Gasteiger partial charge in [-0.05, 0) is 34.4 Å². The molecule has 1 atom stereocenters. The van der Waals surface area contributed by atoms with E-state index in [1.807, 2.05) is 18.2 Å². The second-order valence-electron chi connectivity index (χ2n) is 6.11. The molecule has 0 saturated carbocycles. The number of nitrogens with one attached hydrogen (secondary N) is 1. The van der Waals surface area contributed by atoms with E-state index in [0.29, 0.717) is 0 Å². The SMILES string of the molecule is CCCc1ccc2ccc(C(N3CCC(=O)N3)C(F)(F)F)cc2c1. The van der Waals surface area contributed by atoms with E-state index < -0.39 is 12.2 Å². The van der Waals surface area contributed by atoms with Crippen LogP contribution in [0.4, 0.5) is 13.2 Å². The molecule has 1 amide bonds. The minimum atomic E-state index is -4.47. The number of fused-ring (bicyclic) bond motifs is 1. The van der Waals surface area contributed by atoms with Crippen LogP contribution in [-0.4, -0.2) is 23.6 Å². The first-order valence-electron chi connectivity index (χ1n) is 8.04. The molecular formula is C18H19F3N2O. The summed E-state index contributed by atoms with van der Waals surface area (Å²) in [6.07, 6.45) is -2.51. The molecule has 1 heterocycles. The Bertz CT molecular complexity index is 758. The predicted molar refractivity (Wildman–Crippen MR) is 86.2 cm³/mol. The number of rotatable bonds is 4. The standard InChI is InChI=1S/C18H19F3N2O/c1-2-3-12-4-5-13-6-7-14(11-15(13)10-12)17(18(19,20)21)23-9-8-16(24)22-23/h4-7,10-11,17H,2-3,8-9H2,1H3,(H,22,24). The quantitative estimate of drug-likeness (QED) is 0.910. The molecule has 3 rings (SSSR count). The molecule has 1 N–H and O–H groups in total. The summed E-state index contributed by atoms with van der Waals surface area (Å²) in [4.78, 5) is 11.3. The monoisotopic (exact) mass is 336 g/mol. The molecule has 0 radical (unpaired) electrons. The van der Waals surface area contributed by atoms with Crippen molar-refractivity contribution in [2.45, 2.75) is 38.4 Å². The lowest BCUT2D eigenvalue weighted by atomic mass is 9.98. The Morgan fingerprint density at radius 2 is 1.92 bits per heavy atom. The molecule has 3 nitrogen and oxygen atoms in total. The molecule has 0 aromatic heterocycles. The van der Waals surface area contributed by atoms with Crippen LogP contribution in [-0.2, 0) is 11.2 Å². The molecule has 1 aliphatic rings. The van der Waals surface area contributed by atoms with Gasteiger partial charge in [0.15, 0.2) is 0 Å². The van der Waals surface area contributed by atoms with Crippen molar-refractivity contribution >= 4 is 16.7 Å². The minimum Gasteiger partial charge on any atom is -0.288 e. The largest absolute Gasteiger partial charge is 0.409 e. The summed E-state index contributed by atoms with van der Waals surface area (Å²) in [6.45, 7) is 2.12. The number of amides is 1. The Morgan fingerprint density at radius 3 is 2.54 bits per heavy atom. The third-order valence-corrected chi connectivity index (χ3v) is 4.25. The fraction of sp³-hybridized carbons (Fsp3) is 0.389. The van der Waals surface area contributed by atoms with Crippen LogP contribution in [0.3, 0.4) is 0 Å². The number of aryl methyl sites for hydroxylation is 1. The van der Waals surface area contributed by atoms with E-state index in [2.05, 4.69) is 12.3 Å².